The zero-order valence-electron chi connectivity index (χ0n) is 11.5. The van der Waals surface area contributed by atoms with Crippen LogP contribution >= 0.6 is 11.6 Å². The van der Waals surface area contributed by atoms with Crippen molar-refractivity contribution in [3.63, 3.8) is 0 Å². The molecular weight excluding hydrogens is 246 g/mol. The van der Waals surface area contributed by atoms with E-state index < -0.39 is 0 Å². The van der Waals surface area contributed by atoms with Gasteiger partial charge in [-0.2, -0.15) is 0 Å². The predicted octanol–water partition coefficient (Wildman–Crippen LogP) is 3.48. The molecule has 100 valence electrons. The van der Waals surface area contributed by atoms with Gasteiger partial charge in [0, 0.05) is 31.0 Å². The maximum atomic E-state index is 5.74. The molecule has 2 heterocycles. The number of alkyl halides is 1. The van der Waals surface area contributed by atoms with Gasteiger partial charge in [0.25, 0.3) is 0 Å². The van der Waals surface area contributed by atoms with Crippen molar-refractivity contribution >= 4 is 17.5 Å². The summed E-state index contributed by atoms with van der Waals surface area (Å²) < 4.78 is 0. The van der Waals surface area contributed by atoms with Crippen LogP contribution in [0.4, 0.5) is 5.95 Å². The first-order chi connectivity index (χ1) is 8.50. The fraction of sp³-hybridized carbons (Fsp3) is 0.714. The second kappa shape index (κ2) is 5.43. The van der Waals surface area contributed by atoms with Gasteiger partial charge in [-0.15, -0.1) is 11.6 Å². The number of anilines is 1. The van der Waals surface area contributed by atoms with Gasteiger partial charge in [-0.25, -0.2) is 9.97 Å². The van der Waals surface area contributed by atoms with Crippen molar-refractivity contribution in [1.29, 1.82) is 0 Å². The van der Waals surface area contributed by atoms with Crippen molar-refractivity contribution in [2.75, 3.05) is 18.0 Å². The molecule has 1 fully saturated rings. The molecule has 0 radical (unpaired) electrons. The number of hydrogen-bond acceptors (Lipinski definition) is 3. The summed E-state index contributed by atoms with van der Waals surface area (Å²) in [6, 6.07) is 0. The first-order valence-electron chi connectivity index (χ1n) is 6.62. The highest BCUT2D eigenvalue weighted by atomic mass is 35.5. The van der Waals surface area contributed by atoms with E-state index in [0.29, 0.717) is 11.3 Å². The van der Waals surface area contributed by atoms with Crippen molar-refractivity contribution in [3.8, 4) is 0 Å². The molecule has 0 N–H and O–H groups in total. The average Bonchev–Trinajstić information content (AvgIpc) is 2.38. The third kappa shape index (κ3) is 3.14. The molecular formula is C14H22ClN3. The van der Waals surface area contributed by atoms with Crippen LogP contribution in [0.1, 0.15) is 39.2 Å². The van der Waals surface area contributed by atoms with Gasteiger partial charge in [0.05, 0.1) is 5.88 Å². The largest absolute Gasteiger partial charge is 0.341 e. The Morgan fingerprint density at radius 2 is 1.78 bits per heavy atom. The van der Waals surface area contributed by atoms with Crippen molar-refractivity contribution in [3.05, 3.63) is 18.0 Å². The SMILES string of the molecule is CC(C)(C)C1CCN(c2ncc(CCl)cn2)CC1. The molecule has 0 saturated carbocycles. The highest BCUT2D eigenvalue weighted by Gasteiger charge is 2.29. The van der Waals surface area contributed by atoms with Gasteiger partial charge in [0.15, 0.2) is 0 Å². The summed E-state index contributed by atoms with van der Waals surface area (Å²) in [7, 11) is 0. The molecule has 18 heavy (non-hydrogen) atoms. The quantitative estimate of drug-likeness (QED) is 0.769. The zero-order chi connectivity index (χ0) is 13.2. The van der Waals surface area contributed by atoms with Crippen LogP contribution < -0.4 is 4.90 Å². The third-order valence-electron chi connectivity index (χ3n) is 3.85. The van der Waals surface area contributed by atoms with E-state index in [1.807, 2.05) is 12.4 Å². The van der Waals surface area contributed by atoms with Gasteiger partial charge in [0.1, 0.15) is 0 Å². The fourth-order valence-electron chi connectivity index (χ4n) is 2.53. The molecule has 1 aliphatic rings. The summed E-state index contributed by atoms with van der Waals surface area (Å²) in [6.45, 7) is 9.11. The summed E-state index contributed by atoms with van der Waals surface area (Å²) in [4.78, 5) is 11.1. The second-order valence-electron chi connectivity index (χ2n) is 6.15. The Kier molecular flexibility index (Phi) is 4.10. The van der Waals surface area contributed by atoms with E-state index >= 15 is 0 Å². The molecule has 0 aliphatic carbocycles. The van der Waals surface area contributed by atoms with Crippen LogP contribution in [0.3, 0.4) is 0 Å². The topological polar surface area (TPSA) is 29.0 Å². The highest BCUT2D eigenvalue weighted by Crippen LogP contribution is 2.34. The van der Waals surface area contributed by atoms with Crippen LogP contribution in [0.25, 0.3) is 0 Å². The molecule has 1 saturated heterocycles. The summed E-state index contributed by atoms with van der Waals surface area (Å²) in [5, 5.41) is 0. The predicted molar refractivity (Wildman–Crippen MR) is 76.0 cm³/mol. The van der Waals surface area contributed by atoms with Crippen molar-refractivity contribution in [1.82, 2.24) is 9.97 Å². The number of piperidine rings is 1. The lowest BCUT2D eigenvalue weighted by Gasteiger charge is -2.38. The Morgan fingerprint density at radius 3 is 2.22 bits per heavy atom. The monoisotopic (exact) mass is 267 g/mol. The van der Waals surface area contributed by atoms with Gasteiger partial charge in [0.2, 0.25) is 5.95 Å². The van der Waals surface area contributed by atoms with E-state index in [0.717, 1.165) is 30.5 Å². The maximum Gasteiger partial charge on any atom is 0.225 e. The van der Waals surface area contributed by atoms with Gasteiger partial charge in [-0.3, -0.25) is 0 Å². The van der Waals surface area contributed by atoms with Crippen molar-refractivity contribution < 1.29 is 0 Å². The van der Waals surface area contributed by atoms with Crippen molar-refractivity contribution in [2.45, 2.75) is 39.5 Å². The standard InChI is InChI=1S/C14H22ClN3/c1-14(2,3)12-4-6-18(7-5-12)13-16-9-11(8-15)10-17-13/h9-10,12H,4-8H2,1-3H3. The third-order valence-corrected chi connectivity index (χ3v) is 4.16. The summed E-state index contributed by atoms with van der Waals surface area (Å²) >= 11 is 5.74. The van der Waals surface area contributed by atoms with E-state index in [1.165, 1.54) is 12.8 Å². The Labute approximate surface area is 115 Å². The van der Waals surface area contributed by atoms with Crippen LogP contribution in [0.2, 0.25) is 0 Å². The molecule has 1 aromatic heterocycles. The van der Waals surface area contributed by atoms with Crippen LogP contribution in [-0.2, 0) is 5.88 Å². The first-order valence-corrected chi connectivity index (χ1v) is 7.16. The van der Waals surface area contributed by atoms with Gasteiger partial charge < -0.3 is 4.90 Å². The molecule has 0 bridgehead atoms. The van der Waals surface area contributed by atoms with Crippen LogP contribution in [0.15, 0.2) is 12.4 Å². The van der Waals surface area contributed by atoms with E-state index in [-0.39, 0.29) is 0 Å². The molecule has 0 spiro atoms. The average molecular weight is 268 g/mol. The van der Waals surface area contributed by atoms with E-state index in [9.17, 15) is 0 Å². The summed E-state index contributed by atoms with van der Waals surface area (Å²) in [5.74, 6) is 2.12. The van der Waals surface area contributed by atoms with Crippen LogP contribution in [-0.4, -0.2) is 23.1 Å². The molecule has 2 rings (SSSR count). The molecule has 1 aliphatic heterocycles. The zero-order valence-corrected chi connectivity index (χ0v) is 12.2. The molecule has 3 nitrogen and oxygen atoms in total. The minimum absolute atomic E-state index is 0.412. The normalized spacial score (nSPS) is 18.1. The van der Waals surface area contributed by atoms with E-state index in [2.05, 4.69) is 35.6 Å². The van der Waals surface area contributed by atoms with Crippen molar-refractivity contribution in [2.24, 2.45) is 11.3 Å². The summed E-state index contributed by atoms with van der Waals surface area (Å²) in [5.41, 5.74) is 1.39. The Morgan fingerprint density at radius 1 is 1.22 bits per heavy atom. The molecule has 0 atom stereocenters. The second-order valence-corrected chi connectivity index (χ2v) is 6.42. The maximum absolute atomic E-state index is 5.74. The first kappa shape index (κ1) is 13.6. The highest BCUT2D eigenvalue weighted by molar-refractivity contribution is 6.17. The molecule has 4 heteroatoms. The Bertz CT molecular complexity index is 375. The number of halogens is 1. The van der Waals surface area contributed by atoms with Gasteiger partial charge >= 0.3 is 0 Å². The molecule has 0 aromatic carbocycles. The van der Waals surface area contributed by atoms with Gasteiger partial charge in [-0.1, -0.05) is 20.8 Å². The van der Waals surface area contributed by atoms with E-state index in [1.54, 1.807) is 0 Å². The van der Waals surface area contributed by atoms with Crippen LogP contribution in [0.5, 0.6) is 0 Å². The Balaban J connectivity index is 1.96. The number of hydrogen-bond donors (Lipinski definition) is 0. The van der Waals surface area contributed by atoms with Gasteiger partial charge in [-0.05, 0) is 24.2 Å². The lowest BCUT2D eigenvalue weighted by Crippen LogP contribution is -2.38. The fourth-order valence-corrected chi connectivity index (χ4v) is 2.66. The molecule has 0 amide bonds. The number of aromatic nitrogens is 2. The minimum Gasteiger partial charge on any atom is -0.341 e. The minimum atomic E-state index is 0.412. The Hall–Kier alpha value is -0.830. The summed E-state index contributed by atoms with van der Waals surface area (Å²) in [6.07, 6.45) is 6.10. The molecule has 1 aromatic rings. The number of rotatable bonds is 2. The lowest BCUT2D eigenvalue weighted by molar-refractivity contribution is 0.198. The number of nitrogens with zero attached hydrogens (tertiary/aromatic N) is 3. The molecule has 0 unspecified atom stereocenters. The smallest absolute Gasteiger partial charge is 0.225 e. The lowest BCUT2D eigenvalue weighted by atomic mass is 9.75. The van der Waals surface area contributed by atoms with Crippen LogP contribution in [0, 0.1) is 11.3 Å². The van der Waals surface area contributed by atoms with E-state index in [4.69, 9.17) is 11.6 Å².